The van der Waals surface area contributed by atoms with Crippen LogP contribution in [-0.4, -0.2) is 19.6 Å². The highest BCUT2D eigenvalue weighted by Crippen LogP contribution is 2.31. The number of hydrogen-bond acceptors (Lipinski definition) is 4. The van der Waals surface area contributed by atoms with Gasteiger partial charge in [-0.25, -0.2) is 4.68 Å². The van der Waals surface area contributed by atoms with Gasteiger partial charge in [0.2, 0.25) is 0 Å². The van der Waals surface area contributed by atoms with Gasteiger partial charge < -0.3 is 0 Å². The predicted molar refractivity (Wildman–Crippen MR) is 111 cm³/mol. The molecule has 0 amide bonds. The highest BCUT2D eigenvalue weighted by Gasteiger charge is 2.30. The smallest absolute Gasteiger partial charge is 0.265 e. The first-order valence-electron chi connectivity index (χ1n) is 9.25. The molecule has 3 heterocycles. The van der Waals surface area contributed by atoms with Gasteiger partial charge in [0.15, 0.2) is 0 Å². The molecule has 0 radical (unpaired) electrons. The van der Waals surface area contributed by atoms with Crippen LogP contribution in [0.1, 0.15) is 31.9 Å². The first kappa shape index (κ1) is 20.3. The van der Waals surface area contributed by atoms with E-state index in [1.54, 1.807) is 10.9 Å². The Kier molecular flexibility index (Phi) is 4.80. The second-order valence-electron chi connectivity index (χ2n) is 7.97. The van der Waals surface area contributed by atoms with E-state index in [1.807, 2.05) is 38.3 Å². The van der Waals surface area contributed by atoms with Crippen molar-refractivity contribution in [2.75, 3.05) is 0 Å². The third-order valence-corrected chi connectivity index (χ3v) is 5.56. The Bertz CT molecular complexity index is 1250. The first-order valence-corrected chi connectivity index (χ1v) is 10.1. The van der Waals surface area contributed by atoms with Crippen LogP contribution in [-0.2, 0) is 18.3 Å². The molecule has 0 aliphatic rings. The van der Waals surface area contributed by atoms with E-state index in [0.717, 1.165) is 17.0 Å². The molecule has 0 unspecified atom stereocenters. The van der Waals surface area contributed by atoms with Gasteiger partial charge in [-0.15, -0.1) is 11.3 Å². The van der Waals surface area contributed by atoms with Crippen LogP contribution in [0.15, 0.2) is 52.8 Å². The van der Waals surface area contributed by atoms with Crippen LogP contribution in [0.3, 0.4) is 0 Å². The van der Waals surface area contributed by atoms with Gasteiger partial charge in [0.05, 0.1) is 34.1 Å². The molecule has 3 aromatic heterocycles. The lowest BCUT2D eigenvalue weighted by Gasteiger charge is -2.20. The summed E-state index contributed by atoms with van der Waals surface area (Å²) in [5.41, 5.74) is 0.108. The predicted octanol–water partition coefficient (Wildman–Crippen LogP) is 5.14. The molecule has 4 aromatic rings. The summed E-state index contributed by atoms with van der Waals surface area (Å²) in [5, 5.41) is 11.5. The third kappa shape index (κ3) is 3.65. The monoisotopic (exact) mass is 432 g/mol. The summed E-state index contributed by atoms with van der Waals surface area (Å²) in [6.45, 7) is 5.90. The molecule has 4 rings (SSSR count). The molecule has 0 aliphatic heterocycles. The molecule has 0 N–H and O–H groups in total. The Hall–Kier alpha value is -2.94. The molecule has 9 heteroatoms. The summed E-state index contributed by atoms with van der Waals surface area (Å²) in [7, 11) is 0. The molecule has 0 spiro atoms. The summed E-state index contributed by atoms with van der Waals surface area (Å²) in [5.74, 6) is 0. The zero-order valence-electron chi connectivity index (χ0n) is 16.6. The van der Waals surface area contributed by atoms with Gasteiger partial charge in [0, 0.05) is 0 Å². The number of aromatic nitrogens is 4. The van der Waals surface area contributed by atoms with Crippen molar-refractivity contribution >= 4 is 22.2 Å². The van der Waals surface area contributed by atoms with E-state index in [-0.39, 0.29) is 12.1 Å². The Balaban J connectivity index is 1.87. The maximum atomic E-state index is 13.3. The zero-order chi connectivity index (χ0) is 21.7. The number of rotatable bonds is 3. The summed E-state index contributed by atoms with van der Waals surface area (Å²) in [6, 6.07) is 8.57. The lowest BCUT2D eigenvalue weighted by Crippen LogP contribution is -2.30. The molecule has 0 bridgehead atoms. The van der Waals surface area contributed by atoms with Crippen LogP contribution in [0.25, 0.3) is 21.5 Å². The highest BCUT2D eigenvalue weighted by molar-refractivity contribution is 7.13. The van der Waals surface area contributed by atoms with E-state index in [0.29, 0.717) is 22.2 Å². The molecule has 156 valence electrons. The standard InChI is InChI=1S/C21H19F3N4OS/c1-20(2,3)28-18-15(11-25-28)17(16-5-4-10-30-16)26-27(19(18)29)12-13-6-8-14(9-7-13)21(22,23)24/h4-11H,12H2,1-3H3. The molecular formula is C21H19F3N4OS. The van der Waals surface area contributed by atoms with Gasteiger partial charge in [0.1, 0.15) is 11.2 Å². The Labute approximate surface area is 174 Å². The molecule has 1 aromatic carbocycles. The lowest BCUT2D eigenvalue weighted by molar-refractivity contribution is -0.137. The zero-order valence-corrected chi connectivity index (χ0v) is 17.4. The van der Waals surface area contributed by atoms with E-state index < -0.39 is 17.3 Å². The van der Waals surface area contributed by atoms with Gasteiger partial charge >= 0.3 is 6.18 Å². The number of fused-ring (bicyclic) bond motifs is 1. The Morgan fingerprint density at radius 2 is 1.77 bits per heavy atom. The van der Waals surface area contributed by atoms with E-state index >= 15 is 0 Å². The summed E-state index contributed by atoms with van der Waals surface area (Å²) in [6.07, 6.45) is -2.76. The first-order chi connectivity index (χ1) is 14.1. The van der Waals surface area contributed by atoms with Gasteiger partial charge in [-0.1, -0.05) is 18.2 Å². The topological polar surface area (TPSA) is 52.7 Å². The molecule has 0 saturated carbocycles. The minimum absolute atomic E-state index is 0.0562. The van der Waals surface area contributed by atoms with Crippen molar-refractivity contribution in [2.24, 2.45) is 0 Å². The second-order valence-corrected chi connectivity index (χ2v) is 8.92. The number of benzene rings is 1. The second kappa shape index (κ2) is 7.09. The third-order valence-electron chi connectivity index (χ3n) is 4.69. The Morgan fingerprint density at radius 1 is 1.07 bits per heavy atom. The molecule has 0 fully saturated rings. The highest BCUT2D eigenvalue weighted by atomic mass is 32.1. The number of hydrogen-bond donors (Lipinski definition) is 0. The maximum absolute atomic E-state index is 13.3. The van der Waals surface area contributed by atoms with Crippen molar-refractivity contribution in [1.82, 2.24) is 19.6 Å². The van der Waals surface area contributed by atoms with Crippen molar-refractivity contribution in [2.45, 2.75) is 39.0 Å². The van der Waals surface area contributed by atoms with E-state index in [9.17, 15) is 18.0 Å². The molecular weight excluding hydrogens is 413 g/mol. The summed E-state index contributed by atoms with van der Waals surface area (Å²) >= 11 is 1.49. The maximum Gasteiger partial charge on any atom is 0.416 e. The fourth-order valence-corrected chi connectivity index (χ4v) is 3.98. The minimum Gasteiger partial charge on any atom is -0.265 e. The van der Waals surface area contributed by atoms with Gasteiger partial charge in [-0.3, -0.25) is 9.48 Å². The van der Waals surface area contributed by atoms with Crippen molar-refractivity contribution in [3.8, 4) is 10.6 Å². The fraction of sp³-hybridized carbons (Fsp3) is 0.286. The Morgan fingerprint density at radius 3 is 2.33 bits per heavy atom. The number of alkyl halides is 3. The quantitative estimate of drug-likeness (QED) is 0.450. The van der Waals surface area contributed by atoms with Crippen molar-refractivity contribution < 1.29 is 13.2 Å². The van der Waals surface area contributed by atoms with Crippen LogP contribution in [0.2, 0.25) is 0 Å². The normalized spacial score (nSPS) is 12.6. The number of halogens is 3. The van der Waals surface area contributed by atoms with E-state index in [2.05, 4.69) is 10.2 Å². The van der Waals surface area contributed by atoms with Crippen molar-refractivity contribution in [3.05, 3.63) is 69.5 Å². The van der Waals surface area contributed by atoms with Gasteiger partial charge in [-0.2, -0.15) is 23.4 Å². The van der Waals surface area contributed by atoms with Crippen LogP contribution >= 0.6 is 11.3 Å². The minimum atomic E-state index is -4.40. The average Bonchev–Trinajstić information content (AvgIpc) is 3.33. The van der Waals surface area contributed by atoms with Crippen molar-refractivity contribution in [3.63, 3.8) is 0 Å². The molecule has 0 aliphatic carbocycles. The lowest BCUT2D eigenvalue weighted by atomic mass is 10.1. The van der Waals surface area contributed by atoms with Gasteiger partial charge in [0.25, 0.3) is 5.56 Å². The SMILES string of the molecule is CC(C)(C)n1ncc2c(-c3cccs3)nn(Cc3ccc(C(F)(F)F)cc3)c(=O)c21. The summed E-state index contributed by atoms with van der Waals surface area (Å²) in [4.78, 5) is 14.2. The van der Waals surface area contributed by atoms with E-state index in [4.69, 9.17) is 0 Å². The van der Waals surface area contributed by atoms with Gasteiger partial charge in [-0.05, 0) is 49.9 Å². The van der Waals surface area contributed by atoms with E-state index in [1.165, 1.54) is 28.2 Å². The van der Waals surface area contributed by atoms with Crippen LogP contribution < -0.4 is 5.56 Å². The number of nitrogens with zero attached hydrogens (tertiary/aromatic N) is 4. The summed E-state index contributed by atoms with van der Waals surface area (Å²) < 4.78 is 41.5. The van der Waals surface area contributed by atoms with Crippen LogP contribution in [0.5, 0.6) is 0 Å². The van der Waals surface area contributed by atoms with Crippen molar-refractivity contribution in [1.29, 1.82) is 0 Å². The fourth-order valence-electron chi connectivity index (χ4n) is 3.25. The number of thiophene rings is 1. The molecule has 0 saturated heterocycles. The largest absolute Gasteiger partial charge is 0.416 e. The average molecular weight is 432 g/mol. The molecule has 0 atom stereocenters. The van der Waals surface area contributed by atoms with Crippen LogP contribution in [0.4, 0.5) is 13.2 Å². The molecule has 5 nitrogen and oxygen atoms in total. The van der Waals surface area contributed by atoms with Crippen LogP contribution in [0, 0.1) is 0 Å². The molecule has 30 heavy (non-hydrogen) atoms.